The molecule has 2 aliphatic rings. The molecular formula is C46H59N3O7S2. The van der Waals surface area contributed by atoms with Gasteiger partial charge in [0.1, 0.15) is 16.7 Å². The molecule has 10 nitrogen and oxygen atoms in total. The number of hydrogen-bond donors (Lipinski definition) is 2. The number of rotatable bonds is 13. The SMILES string of the molecule is CCN(CC)CC.CCN1C(=CC=C(C=CC2=[N+](CC)c3ccc4cc(S(=O)(=O)O)ccc4c3C2(C)C)CCCO)C(C)(C)c2c1ccc1cc(S(=O)(=O)[O-])ccc21. The monoisotopic (exact) mass is 829 g/mol. The second-order valence-corrected chi connectivity index (χ2v) is 18.6. The summed E-state index contributed by atoms with van der Waals surface area (Å²) in [6, 6.07) is 17.0. The molecule has 312 valence electrons. The minimum absolute atomic E-state index is 0.0545. The first-order valence-electron chi connectivity index (χ1n) is 20.2. The fraction of sp³-hybridized carbons (Fsp3) is 0.413. The molecule has 0 aliphatic carbocycles. The molecule has 2 aliphatic heterocycles. The molecule has 0 amide bonds. The molecule has 0 spiro atoms. The summed E-state index contributed by atoms with van der Waals surface area (Å²) < 4.78 is 70.8. The third-order valence-electron chi connectivity index (χ3n) is 11.7. The zero-order valence-electron chi connectivity index (χ0n) is 35.3. The van der Waals surface area contributed by atoms with Gasteiger partial charge in [0.2, 0.25) is 5.69 Å². The average Bonchev–Trinajstić information content (AvgIpc) is 3.55. The number of hydrogen-bond acceptors (Lipinski definition) is 8. The van der Waals surface area contributed by atoms with Crippen LogP contribution < -0.4 is 4.90 Å². The standard InChI is InChI=1S/C40H44N2O7S2.C6H15N/c1-7-41-33-19-13-27-24-29(50(44,45)46)15-17-31(27)37(33)39(3,4)35(41)21-11-26(10-9-23-43)12-22-36-40(5,6)38-32-18-16-30(51(47,48)49)25-28(32)14-20-34(38)42(36)8-2;1-4-7(5-2)6-3/h11-22,24-25,43H,7-10,23H2,1-6H3,(H-,44,45,46,47,48,49);4-6H2,1-3H3. The van der Waals surface area contributed by atoms with Crippen molar-refractivity contribution in [3.8, 4) is 0 Å². The second-order valence-electron chi connectivity index (χ2n) is 15.8. The highest BCUT2D eigenvalue weighted by molar-refractivity contribution is 7.86. The topological polar surface area (TPSA) is 141 Å². The van der Waals surface area contributed by atoms with Gasteiger partial charge in [-0.1, -0.05) is 65.0 Å². The number of aliphatic hydroxyl groups excluding tert-OH is 1. The average molecular weight is 830 g/mol. The number of aliphatic hydroxyl groups is 1. The molecule has 4 aromatic rings. The predicted octanol–water partition coefficient (Wildman–Crippen LogP) is 8.84. The summed E-state index contributed by atoms with van der Waals surface area (Å²) in [6.45, 7) is 24.4. The smallest absolute Gasteiger partial charge is 0.294 e. The number of likely N-dealkylation sites (N-methyl/N-ethyl adjacent to an activating group) is 1. The van der Waals surface area contributed by atoms with Gasteiger partial charge < -0.3 is 19.5 Å². The van der Waals surface area contributed by atoms with Gasteiger partial charge in [-0.2, -0.15) is 13.0 Å². The summed E-state index contributed by atoms with van der Waals surface area (Å²) in [6.07, 6.45) is 9.75. The zero-order chi connectivity index (χ0) is 42.8. The molecule has 58 heavy (non-hydrogen) atoms. The van der Waals surface area contributed by atoms with E-state index < -0.39 is 31.1 Å². The maximum Gasteiger partial charge on any atom is 0.294 e. The first kappa shape index (κ1) is 44.9. The molecular weight excluding hydrogens is 771 g/mol. The Morgan fingerprint density at radius 3 is 1.93 bits per heavy atom. The largest absolute Gasteiger partial charge is 0.744 e. The van der Waals surface area contributed by atoms with Crippen LogP contribution in [0.3, 0.4) is 0 Å². The lowest BCUT2D eigenvalue weighted by Gasteiger charge is -2.26. The van der Waals surface area contributed by atoms with Crippen LogP contribution in [-0.2, 0) is 31.1 Å². The van der Waals surface area contributed by atoms with E-state index in [9.17, 15) is 31.0 Å². The van der Waals surface area contributed by atoms with Crippen LogP contribution in [0.2, 0.25) is 0 Å². The molecule has 2 N–H and O–H groups in total. The quantitative estimate of drug-likeness (QED) is 0.0768. The van der Waals surface area contributed by atoms with Crippen LogP contribution >= 0.6 is 0 Å². The van der Waals surface area contributed by atoms with E-state index in [1.807, 2.05) is 24.3 Å². The van der Waals surface area contributed by atoms with Gasteiger partial charge in [0.05, 0.1) is 15.2 Å². The van der Waals surface area contributed by atoms with Crippen LogP contribution in [0.25, 0.3) is 21.5 Å². The Labute approximate surface area is 345 Å². The molecule has 0 radical (unpaired) electrons. The minimum Gasteiger partial charge on any atom is -0.744 e. The predicted molar refractivity (Wildman–Crippen MR) is 235 cm³/mol. The van der Waals surface area contributed by atoms with Crippen molar-refractivity contribution in [2.75, 3.05) is 44.2 Å². The van der Waals surface area contributed by atoms with Gasteiger partial charge in [-0.15, -0.1) is 0 Å². The normalized spacial score (nSPS) is 17.2. The first-order valence-corrected chi connectivity index (χ1v) is 23.1. The molecule has 6 rings (SSSR count). The molecule has 0 bridgehead atoms. The summed E-state index contributed by atoms with van der Waals surface area (Å²) in [4.78, 5) is 4.26. The van der Waals surface area contributed by atoms with Gasteiger partial charge in [0.15, 0.2) is 5.71 Å². The lowest BCUT2D eigenvalue weighted by Crippen LogP contribution is -2.27. The van der Waals surface area contributed by atoms with E-state index in [1.54, 1.807) is 12.1 Å². The molecule has 4 aromatic carbocycles. The van der Waals surface area contributed by atoms with Crippen molar-refractivity contribution in [1.82, 2.24) is 4.90 Å². The van der Waals surface area contributed by atoms with Crippen molar-refractivity contribution < 1.29 is 35.6 Å². The van der Waals surface area contributed by atoms with Crippen molar-refractivity contribution in [3.05, 3.63) is 107 Å². The van der Waals surface area contributed by atoms with E-state index in [2.05, 4.69) is 101 Å². The molecule has 0 fully saturated rings. The van der Waals surface area contributed by atoms with Gasteiger partial charge in [-0.3, -0.25) is 4.55 Å². The van der Waals surface area contributed by atoms with Crippen molar-refractivity contribution in [2.24, 2.45) is 0 Å². The van der Waals surface area contributed by atoms with Crippen LogP contribution in [0.15, 0.2) is 106 Å². The molecule has 0 saturated carbocycles. The van der Waals surface area contributed by atoms with Crippen LogP contribution in [0.1, 0.15) is 86.3 Å². The Hall–Kier alpha value is -4.17. The Kier molecular flexibility index (Phi) is 13.6. The summed E-state index contributed by atoms with van der Waals surface area (Å²) in [7, 11) is -8.92. The third-order valence-corrected chi connectivity index (χ3v) is 13.4. The van der Waals surface area contributed by atoms with E-state index in [-0.39, 0.29) is 16.4 Å². The molecule has 12 heteroatoms. The second kappa shape index (κ2) is 17.6. The maximum atomic E-state index is 11.8. The van der Waals surface area contributed by atoms with E-state index >= 15 is 0 Å². The van der Waals surface area contributed by atoms with Crippen LogP contribution in [-0.4, -0.2) is 85.6 Å². The highest BCUT2D eigenvalue weighted by atomic mass is 32.2. The van der Waals surface area contributed by atoms with Gasteiger partial charge in [0.25, 0.3) is 10.1 Å². The van der Waals surface area contributed by atoms with Crippen LogP contribution in [0.4, 0.5) is 11.4 Å². The van der Waals surface area contributed by atoms with Crippen LogP contribution in [0, 0.1) is 0 Å². The van der Waals surface area contributed by atoms with E-state index in [1.165, 1.54) is 43.9 Å². The number of benzene rings is 4. The number of anilines is 1. The van der Waals surface area contributed by atoms with Crippen molar-refractivity contribution in [1.29, 1.82) is 0 Å². The maximum absolute atomic E-state index is 11.8. The molecule has 2 heterocycles. The lowest BCUT2D eigenvalue weighted by molar-refractivity contribution is -0.433. The number of fused-ring (bicyclic) bond motifs is 6. The number of allylic oxidation sites excluding steroid dienone is 6. The van der Waals surface area contributed by atoms with E-state index in [4.69, 9.17) is 0 Å². The van der Waals surface area contributed by atoms with Crippen molar-refractivity contribution in [2.45, 2.75) is 95.8 Å². The van der Waals surface area contributed by atoms with Crippen LogP contribution in [0.5, 0.6) is 0 Å². The third kappa shape index (κ3) is 8.73. The molecule has 0 saturated heterocycles. The Morgan fingerprint density at radius 2 is 1.40 bits per heavy atom. The van der Waals surface area contributed by atoms with Gasteiger partial charge in [-0.05, 0) is 135 Å². The highest BCUT2D eigenvalue weighted by Crippen LogP contribution is 2.51. The lowest BCUT2D eigenvalue weighted by atomic mass is 9.79. The summed E-state index contributed by atoms with van der Waals surface area (Å²) >= 11 is 0. The summed E-state index contributed by atoms with van der Waals surface area (Å²) in [5, 5.41) is 13.0. The van der Waals surface area contributed by atoms with E-state index in [0.29, 0.717) is 24.8 Å². The zero-order valence-corrected chi connectivity index (χ0v) is 37.0. The summed E-state index contributed by atoms with van der Waals surface area (Å²) in [5.74, 6) is 0. The molecule has 0 atom stereocenters. The van der Waals surface area contributed by atoms with Gasteiger partial charge in [0, 0.05) is 47.7 Å². The Balaban J connectivity index is 0.000000839. The van der Waals surface area contributed by atoms with Gasteiger partial charge >= 0.3 is 0 Å². The van der Waals surface area contributed by atoms with E-state index in [0.717, 1.165) is 62.2 Å². The summed E-state index contributed by atoms with van der Waals surface area (Å²) in [5.41, 5.74) is 6.57. The fourth-order valence-corrected chi connectivity index (χ4v) is 9.71. The fourth-order valence-electron chi connectivity index (χ4n) is 8.69. The Bertz CT molecular complexity index is 2540. The van der Waals surface area contributed by atoms with Crippen molar-refractivity contribution >= 4 is 58.9 Å². The number of nitrogens with zero attached hydrogens (tertiary/aromatic N) is 3. The highest BCUT2D eigenvalue weighted by Gasteiger charge is 2.45. The molecule has 0 aromatic heterocycles. The minimum atomic E-state index is -4.58. The Morgan fingerprint density at radius 1 is 0.810 bits per heavy atom. The van der Waals surface area contributed by atoms with Crippen molar-refractivity contribution in [3.63, 3.8) is 0 Å². The van der Waals surface area contributed by atoms with Gasteiger partial charge in [-0.25, -0.2) is 8.42 Å². The molecule has 0 unspecified atom stereocenters. The first-order chi connectivity index (χ1) is 27.3.